The smallest absolute Gasteiger partial charge is 0.303 e. The van der Waals surface area contributed by atoms with E-state index >= 15 is 0 Å². The summed E-state index contributed by atoms with van der Waals surface area (Å²) >= 11 is 0. The summed E-state index contributed by atoms with van der Waals surface area (Å²) in [6, 6.07) is 18.2. The third-order valence-corrected chi connectivity index (χ3v) is 5.77. The van der Waals surface area contributed by atoms with Gasteiger partial charge in [0.05, 0.1) is 13.7 Å². The Labute approximate surface area is 227 Å². The van der Waals surface area contributed by atoms with Crippen molar-refractivity contribution in [3.05, 3.63) is 84.2 Å². The molecule has 3 rings (SSSR count). The van der Waals surface area contributed by atoms with Gasteiger partial charge in [0.1, 0.15) is 11.5 Å². The number of aryl methyl sites for hydroxylation is 1. The van der Waals surface area contributed by atoms with E-state index in [1.54, 1.807) is 43.8 Å². The summed E-state index contributed by atoms with van der Waals surface area (Å²) < 4.78 is 10.7. The summed E-state index contributed by atoms with van der Waals surface area (Å²) in [5.41, 5.74) is 2.58. The van der Waals surface area contributed by atoms with Gasteiger partial charge in [-0.15, -0.1) is 0 Å². The SMILES string of the molecule is COc1ccc(CCNC(=O)C(NC(=O)CCc2cccnc2)Nc2ccc(OCCCC(=O)O)cc2)cc1. The normalized spacial score (nSPS) is 11.2. The van der Waals surface area contributed by atoms with Gasteiger partial charge in [-0.1, -0.05) is 18.2 Å². The monoisotopic (exact) mass is 534 g/mol. The second kappa shape index (κ2) is 15.6. The molecule has 0 saturated heterocycles. The Morgan fingerprint density at radius 1 is 0.923 bits per heavy atom. The van der Waals surface area contributed by atoms with Crippen LogP contribution in [0.4, 0.5) is 5.69 Å². The predicted molar refractivity (Wildman–Crippen MR) is 147 cm³/mol. The second-order valence-electron chi connectivity index (χ2n) is 8.77. The Morgan fingerprint density at radius 2 is 1.67 bits per heavy atom. The van der Waals surface area contributed by atoms with E-state index in [4.69, 9.17) is 14.6 Å². The molecular weight excluding hydrogens is 500 g/mol. The maximum atomic E-state index is 13.1. The molecule has 1 heterocycles. The number of carboxylic acid groups (broad SMARTS) is 1. The molecule has 39 heavy (non-hydrogen) atoms. The van der Waals surface area contributed by atoms with Gasteiger partial charge in [-0.2, -0.15) is 0 Å². The number of carbonyl (C=O) groups excluding carboxylic acids is 2. The number of carbonyl (C=O) groups is 3. The molecule has 2 amide bonds. The molecule has 0 saturated carbocycles. The molecule has 0 aliphatic rings. The lowest BCUT2D eigenvalue weighted by Gasteiger charge is -2.21. The van der Waals surface area contributed by atoms with Crippen molar-refractivity contribution in [1.29, 1.82) is 0 Å². The van der Waals surface area contributed by atoms with Gasteiger partial charge in [0.2, 0.25) is 5.91 Å². The predicted octanol–water partition coefficient (Wildman–Crippen LogP) is 3.18. The third kappa shape index (κ3) is 10.7. The number of methoxy groups -OCH3 is 1. The highest BCUT2D eigenvalue weighted by molar-refractivity contribution is 5.89. The Balaban J connectivity index is 1.57. The number of anilines is 1. The Hall–Kier alpha value is -4.60. The van der Waals surface area contributed by atoms with Crippen LogP contribution in [0.25, 0.3) is 0 Å². The number of nitrogens with one attached hydrogen (secondary N) is 3. The van der Waals surface area contributed by atoms with Crippen molar-refractivity contribution in [2.75, 3.05) is 25.6 Å². The van der Waals surface area contributed by atoms with Crippen molar-refractivity contribution < 1.29 is 29.0 Å². The van der Waals surface area contributed by atoms with Gasteiger partial charge in [-0.3, -0.25) is 19.4 Å². The first-order valence-electron chi connectivity index (χ1n) is 12.7. The van der Waals surface area contributed by atoms with Crippen molar-refractivity contribution in [3.63, 3.8) is 0 Å². The quantitative estimate of drug-likeness (QED) is 0.162. The molecule has 1 atom stereocenters. The van der Waals surface area contributed by atoms with E-state index in [2.05, 4.69) is 20.9 Å². The lowest BCUT2D eigenvalue weighted by Crippen LogP contribution is -2.51. The van der Waals surface area contributed by atoms with E-state index in [0.717, 1.165) is 16.9 Å². The van der Waals surface area contributed by atoms with Crippen LogP contribution in [-0.4, -0.2) is 54.3 Å². The largest absolute Gasteiger partial charge is 0.497 e. The third-order valence-electron chi connectivity index (χ3n) is 5.77. The van der Waals surface area contributed by atoms with E-state index in [1.807, 2.05) is 36.4 Å². The average molecular weight is 535 g/mol. The fourth-order valence-corrected chi connectivity index (χ4v) is 3.66. The summed E-state index contributed by atoms with van der Waals surface area (Å²) in [7, 11) is 1.61. The minimum absolute atomic E-state index is 0.0371. The number of carboxylic acids is 1. The molecule has 0 radical (unpaired) electrons. The Bertz CT molecular complexity index is 1190. The van der Waals surface area contributed by atoms with E-state index in [1.165, 1.54) is 0 Å². The van der Waals surface area contributed by atoms with Crippen LogP contribution in [0.2, 0.25) is 0 Å². The minimum Gasteiger partial charge on any atom is -0.497 e. The number of aromatic nitrogens is 1. The van der Waals surface area contributed by atoms with Crippen molar-refractivity contribution >= 4 is 23.5 Å². The molecule has 206 valence electrons. The first-order valence-corrected chi connectivity index (χ1v) is 12.7. The molecule has 0 fully saturated rings. The van der Waals surface area contributed by atoms with Crippen LogP contribution in [0.15, 0.2) is 73.1 Å². The van der Waals surface area contributed by atoms with Crippen LogP contribution < -0.4 is 25.4 Å². The molecule has 3 aromatic rings. The number of amides is 2. The maximum Gasteiger partial charge on any atom is 0.303 e. The molecule has 0 aliphatic carbocycles. The zero-order valence-corrected chi connectivity index (χ0v) is 21.9. The number of pyridine rings is 1. The molecule has 0 spiro atoms. The molecule has 10 heteroatoms. The van der Waals surface area contributed by atoms with Crippen LogP contribution in [0.3, 0.4) is 0 Å². The first-order chi connectivity index (χ1) is 18.9. The number of aliphatic carboxylic acids is 1. The van der Waals surface area contributed by atoms with Crippen LogP contribution >= 0.6 is 0 Å². The Morgan fingerprint density at radius 3 is 2.33 bits per heavy atom. The lowest BCUT2D eigenvalue weighted by atomic mass is 10.1. The fraction of sp³-hybridized carbons (Fsp3) is 0.310. The number of hydrogen-bond donors (Lipinski definition) is 4. The minimum atomic E-state index is -0.996. The number of rotatable bonds is 16. The highest BCUT2D eigenvalue weighted by Crippen LogP contribution is 2.17. The number of hydrogen-bond acceptors (Lipinski definition) is 7. The molecule has 0 aliphatic heterocycles. The van der Waals surface area contributed by atoms with Gasteiger partial charge in [0, 0.05) is 37.5 Å². The molecule has 1 aromatic heterocycles. The van der Waals surface area contributed by atoms with Crippen molar-refractivity contribution in [2.24, 2.45) is 0 Å². The van der Waals surface area contributed by atoms with Crippen LogP contribution in [0.1, 0.15) is 30.4 Å². The van der Waals surface area contributed by atoms with Crippen molar-refractivity contribution in [1.82, 2.24) is 15.6 Å². The standard InChI is InChI=1S/C29H34N4O6/c1-38-24-11-6-21(7-12-24)16-18-31-29(37)28(33-26(34)15-8-22-4-2-17-30-20-22)32-23-9-13-25(14-10-23)39-19-3-5-27(35)36/h2,4,6-7,9-14,17,20,28,32H,3,5,8,15-16,18-19H2,1H3,(H,31,37)(H,33,34)(H,35,36). The fourth-order valence-electron chi connectivity index (χ4n) is 3.66. The van der Waals surface area contributed by atoms with E-state index in [-0.39, 0.29) is 31.3 Å². The summed E-state index contributed by atoms with van der Waals surface area (Å²) in [5.74, 6) is -0.175. The van der Waals surface area contributed by atoms with Gasteiger partial charge < -0.3 is 30.5 Å². The van der Waals surface area contributed by atoms with Gasteiger partial charge >= 0.3 is 5.97 Å². The van der Waals surface area contributed by atoms with Gasteiger partial charge in [0.25, 0.3) is 5.91 Å². The van der Waals surface area contributed by atoms with Crippen molar-refractivity contribution in [2.45, 2.75) is 38.3 Å². The molecule has 10 nitrogen and oxygen atoms in total. The molecular formula is C29H34N4O6. The topological polar surface area (TPSA) is 139 Å². The number of benzene rings is 2. The molecule has 1 unspecified atom stereocenters. The summed E-state index contributed by atoms with van der Waals surface area (Å²) in [5, 5.41) is 17.5. The summed E-state index contributed by atoms with van der Waals surface area (Å²) in [6.07, 6.45) is 4.14. The molecule has 4 N–H and O–H groups in total. The maximum absolute atomic E-state index is 13.1. The molecule has 0 bridgehead atoms. The average Bonchev–Trinajstić information content (AvgIpc) is 2.95. The van der Waals surface area contributed by atoms with Gasteiger partial charge in [0.15, 0.2) is 6.17 Å². The van der Waals surface area contributed by atoms with E-state index in [9.17, 15) is 14.4 Å². The zero-order chi connectivity index (χ0) is 27.9. The number of ether oxygens (including phenoxy) is 2. The van der Waals surface area contributed by atoms with Gasteiger partial charge in [-0.25, -0.2) is 0 Å². The highest BCUT2D eigenvalue weighted by Gasteiger charge is 2.20. The van der Waals surface area contributed by atoms with E-state index in [0.29, 0.717) is 37.2 Å². The van der Waals surface area contributed by atoms with Crippen molar-refractivity contribution in [3.8, 4) is 11.5 Å². The summed E-state index contributed by atoms with van der Waals surface area (Å²) in [6.45, 7) is 0.670. The highest BCUT2D eigenvalue weighted by atomic mass is 16.5. The lowest BCUT2D eigenvalue weighted by molar-refractivity contribution is -0.137. The van der Waals surface area contributed by atoms with Crippen LogP contribution in [0.5, 0.6) is 11.5 Å². The number of nitrogens with zero attached hydrogens (tertiary/aromatic N) is 1. The van der Waals surface area contributed by atoms with Gasteiger partial charge in [-0.05, 0) is 72.9 Å². The first kappa shape index (κ1) is 29.0. The van der Waals surface area contributed by atoms with Crippen LogP contribution in [0, 0.1) is 0 Å². The Kier molecular flexibility index (Phi) is 11.6. The summed E-state index contributed by atoms with van der Waals surface area (Å²) in [4.78, 5) is 40.4. The van der Waals surface area contributed by atoms with E-state index < -0.39 is 12.1 Å². The molecule has 2 aromatic carbocycles. The zero-order valence-electron chi connectivity index (χ0n) is 21.9. The van der Waals surface area contributed by atoms with Crippen LogP contribution in [-0.2, 0) is 27.2 Å². The second-order valence-corrected chi connectivity index (χ2v) is 8.77.